The topological polar surface area (TPSA) is 75.7 Å². The maximum Gasteiger partial charge on any atom is 0.317 e. The summed E-state index contributed by atoms with van der Waals surface area (Å²) in [6.45, 7) is 3.51. The van der Waals surface area contributed by atoms with Crippen molar-refractivity contribution in [3.63, 3.8) is 0 Å². The Kier molecular flexibility index (Phi) is 5.40. The monoisotopic (exact) mass is 262 g/mol. The molecule has 0 aromatic heterocycles. The van der Waals surface area contributed by atoms with Gasteiger partial charge in [-0.3, -0.25) is 9.00 Å². The molecule has 2 unspecified atom stereocenters. The minimum Gasteiger partial charge on any atom is -0.469 e. The van der Waals surface area contributed by atoms with Gasteiger partial charge in [0.1, 0.15) is 0 Å². The molecule has 0 radical (unpaired) electrons. The van der Waals surface area contributed by atoms with Crippen molar-refractivity contribution in [2.45, 2.75) is 18.6 Å². The molecule has 0 aliphatic carbocycles. The van der Waals surface area contributed by atoms with E-state index in [1.54, 1.807) is 11.8 Å². The fourth-order valence-corrected chi connectivity index (χ4v) is 2.66. The number of hydrogen-bond donors (Lipinski definition) is 1. The fourth-order valence-electron chi connectivity index (χ4n) is 1.54. The third-order valence-electron chi connectivity index (χ3n) is 2.64. The molecule has 2 atom stereocenters. The Labute approximate surface area is 103 Å². The number of rotatable bonds is 6. The second kappa shape index (κ2) is 6.58. The highest BCUT2D eigenvalue weighted by molar-refractivity contribution is 7.85. The molecule has 0 bridgehead atoms. The zero-order valence-electron chi connectivity index (χ0n) is 10.1. The predicted molar refractivity (Wildman–Crippen MR) is 64.1 cm³/mol. The number of esters is 1. The first-order valence-corrected chi connectivity index (χ1v) is 6.89. The number of carbonyl (C=O) groups excluding carboxylic acids is 2. The molecule has 2 amide bonds. The third-order valence-corrected chi connectivity index (χ3v) is 4.29. The van der Waals surface area contributed by atoms with Crippen LogP contribution in [0.25, 0.3) is 0 Å². The van der Waals surface area contributed by atoms with Crippen LogP contribution >= 0.6 is 0 Å². The van der Waals surface area contributed by atoms with E-state index in [-0.39, 0.29) is 23.7 Å². The number of carbonyl (C=O) groups is 2. The molecule has 0 aromatic rings. The van der Waals surface area contributed by atoms with Crippen LogP contribution in [0.5, 0.6) is 0 Å². The van der Waals surface area contributed by atoms with E-state index in [0.717, 1.165) is 0 Å². The molecule has 1 rings (SSSR count). The number of nitrogens with zero attached hydrogens (tertiary/aromatic N) is 1. The van der Waals surface area contributed by atoms with Gasteiger partial charge in [-0.15, -0.1) is 0 Å². The fraction of sp³-hybridized carbons (Fsp3) is 0.800. The molecule has 1 N–H and O–H groups in total. The summed E-state index contributed by atoms with van der Waals surface area (Å²) in [7, 11) is 0.192. The lowest BCUT2D eigenvalue weighted by atomic mass is 10.3. The van der Waals surface area contributed by atoms with Gasteiger partial charge in [-0.05, 0) is 0 Å². The van der Waals surface area contributed by atoms with Gasteiger partial charge in [-0.2, -0.15) is 0 Å². The molecule has 17 heavy (non-hydrogen) atoms. The lowest BCUT2D eigenvalue weighted by Crippen LogP contribution is -2.33. The van der Waals surface area contributed by atoms with E-state index in [0.29, 0.717) is 25.4 Å². The molecule has 7 heteroatoms. The summed E-state index contributed by atoms with van der Waals surface area (Å²) < 4.78 is 16.3. The smallest absolute Gasteiger partial charge is 0.317 e. The summed E-state index contributed by atoms with van der Waals surface area (Å²) >= 11 is 0. The summed E-state index contributed by atoms with van der Waals surface area (Å²) in [5.41, 5.74) is 0. The molecule has 1 fully saturated rings. The molecule has 1 aliphatic heterocycles. The van der Waals surface area contributed by atoms with Gasteiger partial charge in [-0.1, -0.05) is 6.92 Å². The van der Waals surface area contributed by atoms with E-state index in [9.17, 15) is 13.8 Å². The molecule has 98 valence electrons. The summed E-state index contributed by atoms with van der Waals surface area (Å²) in [5, 5.41) is 2.44. The SMILES string of the molecule is COC(=O)CC(C)S(=O)CCN1CCNC1=O. The van der Waals surface area contributed by atoms with Crippen molar-refractivity contribution < 1.29 is 18.5 Å². The Morgan fingerprint density at radius 2 is 2.35 bits per heavy atom. The normalized spacial score (nSPS) is 18.7. The Morgan fingerprint density at radius 1 is 1.65 bits per heavy atom. The van der Waals surface area contributed by atoms with Crippen LogP contribution in [0.2, 0.25) is 0 Å². The minimum absolute atomic E-state index is 0.109. The summed E-state index contributed by atoms with van der Waals surface area (Å²) in [6, 6.07) is -0.109. The van der Waals surface area contributed by atoms with Gasteiger partial charge in [-0.25, -0.2) is 4.79 Å². The van der Waals surface area contributed by atoms with Crippen molar-refractivity contribution in [1.82, 2.24) is 10.2 Å². The quantitative estimate of drug-likeness (QED) is 0.668. The summed E-state index contributed by atoms with van der Waals surface area (Å²) in [4.78, 5) is 23.9. The molecule has 1 heterocycles. The molecule has 1 saturated heterocycles. The second-order valence-corrected chi connectivity index (χ2v) is 5.87. The molecule has 0 spiro atoms. The average Bonchev–Trinajstić information content (AvgIpc) is 2.71. The van der Waals surface area contributed by atoms with Crippen LogP contribution in [-0.4, -0.2) is 58.9 Å². The van der Waals surface area contributed by atoms with Crippen molar-refractivity contribution in [3.05, 3.63) is 0 Å². The van der Waals surface area contributed by atoms with Crippen molar-refractivity contribution in [2.24, 2.45) is 0 Å². The van der Waals surface area contributed by atoms with Crippen LogP contribution in [0.4, 0.5) is 4.79 Å². The van der Waals surface area contributed by atoms with Crippen molar-refractivity contribution in [3.8, 4) is 0 Å². The van der Waals surface area contributed by atoms with E-state index in [2.05, 4.69) is 10.1 Å². The summed E-state index contributed by atoms with van der Waals surface area (Å²) in [6.07, 6.45) is 0.148. The Morgan fingerprint density at radius 3 is 2.88 bits per heavy atom. The zero-order chi connectivity index (χ0) is 12.8. The Bertz CT molecular complexity index is 321. The van der Waals surface area contributed by atoms with Gasteiger partial charge in [0.05, 0.1) is 13.5 Å². The van der Waals surface area contributed by atoms with Gasteiger partial charge in [0.25, 0.3) is 0 Å². The molecule has 0 saturated carbocycles. The van der Waals surface area contributed by atoms with Crippen LogP contribution in [0.3, 0.4) is 0 Å². The Hall–Kier alpha value is -1.11. The third kappa shape index (κ3) is 4.33. The minimum atomic E-state index is -1.12. The van der Waals surface area contributed by atoms with E-state index in [1.165, 1.54) is 7.11 Å². The van der Waals surface area contributed by atoms with Crippen LogP contribution in [-0.2, 0) is 20.3 Å². The zero-order valence-corrected chi connectivity index (χ0v) is 10.9. The van der Waals surface area contributed by atoms with E-state index in [4.69, 9.17) is 0 Å². The first kappa shape index (κ1) is 14.0. The standard InChI is InChI=1S/C10H18N2O4S/c1-8(7-9(13)16-2)17(15)6-5-12-4-3-11-10(12)14/h8H,3-7H2,1-2H3,(H,11,14). The van der Waals surface area contributed by atoms with Crippen LogP contribution in [0.1, 0.15) is 13.3 Å². The van der Waals surface area contributed by atoms with Crippen molar-refractivity contribution in [1.29, 1.82) is 0 Å². The van der Waals surface area contributed by atoms with E-state index >= 15 is 0 Å². The van der Waals surface area contributed by atoms with E-state index in [1.807, 2.05) is 0 Å². The van der Waals surface area contributed by atoms with Crippen molar-refractivity contribution >= 4 is 22.8 Å². The first-order chi connectivity index (χ1) is 8.04. The van der Waals surface area contributed by atoms with E-state index < -0.39 is 10.8 Å². The van der Waals surface area contributed by atoms with Gasteiger partial charge in [0.2, 0.25) is 0 Å². The molecular formula is C10H18N2O4S. The number of amides is 2. The average molecular weight is 262 g/mol. The predicted octanol–water partition coefficient (Wildman–Crippen LogP) is -0.288. The highest BCUT2D eigenvalue weighted by Crippen LogP contribution is 2.05. The molecule has 1 aliphatic rings. The molecule has 0 aromatic carbocycles. The van der Waals surface area contributed by atoms with Gasteiger partial charge >= 0.3 is 12.0 Å². The number of nitrogens with one attached hydrogen (secondary N) is 1. The van der Waals surface area contributed by atoms with Gasteiger partial charge < -0.3 is 15.0 Å². The maximum atomic E-state index is 11.8. The second-order valence-electron chi connectivity index (χ2n) is 3.89. The lowest BCUT2D eigenvalue weighted by molar-refractivity contribution is -0.140. The lowest BCUT2D eigenvalue weighted by Gasteiger charge is -2.15. The number of urea groups is 1. The van der Waals surface area contributed by atoms with Crippen LogP contribution < -0.4 is 5.32 Å². The van der Waals surface area contributed by atoms with Gasteiger partial charge in [0.15, 0.2) is 0 Å². The van der Waals surface area contributed by atoms with Gasteiger partial charge in [0, 0.05) is 41.4 Å². The highest BCUT2D eigenvalue weighted by Gasteiger charge is 2.21. The van der Waals surface area contributed by atoms with Crippen LogP contribution in [0, 0.1) is 0 Å². The highest BCUT2D eigenvalue weighted by atomic mass is 32.2. The number of ether oxygens (including phenoxy) is 1. The molecule has 6 nitrogen and oxygen atoms in total. The van der Waals surface area contributed by atoms with Crippen LogP contribution in [0.15, 0.2) is 0 Å². The number of methoxy groups -OCH3 is 1. The maximum absolute atomic E-state index is 11.8. The van der Waals surface area contributed by atoms with Crippen molar-refractivity contribution in [2.75, 3.05) is 32.5 Å². The Balaban J connectivity index is 2.28. The first-order valence-electron chi connectivity index (χ1n) is 5.51. The number of hydrogen-bond acceptors (Lipinski definition) is 4. The molecular weight excluding hydrogens is 244 g/mol. The largest absolute Gasteiger partial charge is 0.469 e. The summed E-state index contributed by atoms with van der Waals surface area (Å²) in [5.74, 6) is 0.0377.